The van der Waals surface area contributed by atoms with Gasteiger partial charge in [0.1, 0.15) is 11.5 Å². The van der Waals surface area contributed by atoms with Gasteiger partial charge < -0.3 is 24.6 Å². The highest BCUT2D eigenvalue weighted by molar-refractivity contribution is 5.85. The summed E-state index contributed by atoms with van der Waals surface area (Å²) < 4.78 is 16.8. The second kappa shape index (κ2) is 11.1. The summed E-state index contributed by atoms with van der Waals surface area (Å²) >= 11 is 0. The van der Waals surface area contributed by atoms with Crippen LogP contribution in [0.2, 0.25) is 0 Å². The molecule has 7 heteroatoms. The highest BCUT2D eigenvalue weighted by Crippen LogP contribution is 2.30. The van der Waals surface area contributed by atoms with Gasteiger partial charge in [-0.1, -0.05) is 12.1 Å². The molecule has 2 aromatic heterocycles. The Balaban J connectivity index is 1.52. The number of rotatable bonds is 8. The predicted octanol–water partition coefficient (Wildman–Crippen LogP) is 5.51. The van der Waals surface area contributed by atoms with E-state index in [0.717, 1.165) is 46.6 Å². The summed E-state index contributed by atoms with van der Waals surface area (Å²) in [5.74, 6) is -0.279. The lowest BCUT2D eigenvalue weighted by atomic mass is 10.0. The van der Waals surface area contributed by atoms with E-state index < -0.39 is 0 Å². The minimum Gasteiger partial charge on any atom is -0.386 e. The Morgan fingerprint density at radius 2 is 1.82 bits per heavy atom. The third kappa shape index (κ3) is 5.40. The molecule has 0 saturated carbocycles. The molecule has 0 amide bonds. The quantitative estimate of drug-likeness (QED) is 0.336. The Bertz CT molecular complexity index is 1400. The van der Waals surface area contributed by atoms with Crippen molar-refractivity contribution in [3.8, 4) is 16.9 Å². The Morgan fingerprint density at radius 3 is 2.53 bits per heavy atom. The molecule has 0 spiro atoms. The second-order valence-electron chi connectivity index (χ2n) is 10.7. The number of benzene rings is 2. The minimum absolute atomic E-state index is 0.279. The van der Waals surface area contributed by atoms with Gasteiger partial charge in [0.2, 0.25) is 0 Å². The van der Waals surface area contributed by atoms with Gasteiger partial charge in [-0.3, -0.25) is 0 Å². The number of piperidine rings is 1. The normalized spacial score (nSPS) is 14.9. The van der Waals surface area contributed by atoms with Crippen LogP contribution in [0.4, 0.5) is 15.8 Å². The fourth-order valence-electron chi connectivity index (χ4n) is 5.44. The van der Waals surface area contributed by atoms with E-state index in [1.54, 1.807) is 19.2 Å². The number of pyridine rings is 1. The first kappa shape index (κ1) is 26.2. The van der Waals surface area contributed by atoms with Crippen LogP contribution in [0.25, 0.3) is 28.0 Å². The molecule has 1 aliphatic heterocycles. The van der Waals surface area contributed by atoms with E-state index in [2.05, 4.69) is 89.3 Å². The van der Waals surface area contributed by atoms with E-state index in [1.807, 2.05) is 12.1 Å². The zero-order chi connectivity index (χ0) is 26.8. The van der Waals surface area contributed by atoms with Gasteiger partial charge in [0.15, 0.2) is 0 Å². The van der Waals surface area contributed by atoms with Gasteiger partial charge in [-0.15, -0.1) is 0 Å². The molecule has 6 nitrogen and oxygen atoms in total. The van der Waals surface area contributed by atoms with Gasteiger partial charge in [-0.05, 0) is 94.5 Å². The number of halogens is 1. The van der Waals surface area contributed by atoms with Crippen LogP contribution >= 0.6 is 0 Å². The Hall–Kier alpha value is -3.42. The molecule has 0 atom stereocenters. The number of anilines is 2. The van der Waals surface area contributed by atoms with Crippen molar-refractivity contribution in [1.29, 1.82) is 0 Å². The molecule has 0 aliphatic carbocycles. The molecule has 0 bridgehead atoms. The number of fused-ring (bicyclic) bond motifs is 1. The zero-order valence-corrected chi connectivity index (χ0v) is 23.2. The topological polar surface area (TPSA) is 39.6 Å². The molecule has 0 radical (unpaired) electrons. The number of hydrogen-bond donors (Lipinski definition) is 1. The first-order valence-electron chi connectivity index (χ1n) is 13.5. The van der Waals surface area contributed by atoms with Crippen molar-refractivity contribution in [2.24, 2.45) is 0 Å². The first-order valence-corrected chi connectivity index (χ1v) is 13.5. The zero-order valence-electron chi connectivity index (χ0n) is 23.2. The summed E-state index contributed by atoms with van der Waals surface area (Å²) in [5.41, 5.74) is 6.39. The summed E-state index contributed by atoms with van der Waals surface area (Å²) in [7, 11) is 10.3. The average molecular weight is 515 g/mol. The van der Waals surface area contributed by atoms with Gasteiger partial charge in [0, 0.05) is 62.3 Å². The van der Waals surface area contributed by atoms with Crippen LogP contribution in [-0.4, -0.2) is 80.3 Å². The summed E-state index contributed by atoms with van der Waals surface area (Å²) in [6.07, 6.45) is 5.63. The van der Waals surface area contributed by atoms with Gasteiger partial charge >= 0.3 is 0 Å². The average Bonchev–Trinajstić information content (AvgIpc) is 3.30. The van der Waals surface area contributed by atoms with Gasteiger partial charge in [0.05, 0.1) is 11.4 Å². The van der Waals surface area contributed by atoms with Crippen LogP contribution < -0.4 is 10.2 Å². The standard InChI is InChI=1S/C31H39FN6/c1-33-30-11-9-22(19-28(30)32)29-12-10-27-23(13-18-37(5)24-14-16-36(4)17-15-24)21-38(31(27)34-29)26-8-6-7-25(20-26)35(2)3/h6-12,19-21,24,33H,13-18H2,1-5H3. The predicted molar refractivity (Wildman–Crippen MR) is 157 cm³/mol. The monoisotopic (exact) mass is 514 g/mol. The van der Waals surface area contributed by atoms with E-state index in [0.29, 0.717) is 11.7 Å². The summed E-state index contributed by atoms with van der Waals surface area (Å²) in [6, 6.07) is 18.5. The maximum atomic E-state index is 14.6. The molecule has 1 N–H and O–H groups in total. The molecule has 2 aromatic carbocycles. The number of likely N-dealkylation sites (N-methyl/N-ethyl adjacent to an activating group) is 1. The van der Waals surface area contributed by atoms with E-state index in [-0.39, 0.29) is 5.82 Å². The molecule has 5 rings (SSSR count). The molecule has 1 saturated heterocycles. The van der Waals surface area contributed by atoms with Crippen molar-refractivity contribution >= 4 is 22.4 Å². The van der Waals surface area contributed by atoms with Crippen LogP contribution in [0.3, 0.4) is 0 Å². The number of hydrogen-bond acceptors (Lipinski definition) is 5. The van der Waals surface area contributed by atoms with Gasteiger partial charge in [-0.25, -0.2) is 9.37 Å². The van der Waals surface area contributed by atoms with Gasteiger partial charge in [-0.2, -0.15) is 0 Å². The molecule has 1 aliphatic rings. The Morgan fingerprint density at radius 1 is 1.03 bits per heavy atom. The summed E-state index contributed by atoms with van der Waals surface area (Å²) in [6.45, 7) is 3.34. The molecule has 4 aromatic rings. The van der Waals surface area contributed by atoms with Crippen molar-refractivity contribution in [1.82, 2.24) is 19.4 Å². The number of likely N-dealkylation sites (tertiary alicyclic amines) is 1. The lowest BCUT2D eigenvalue weighted by Gasteiger charge is -2.35. The fraction of sp³-hybridized carbons (Fsp3) is 0.387. The molecule has 3 heterocycles. The highest BCUT2D eigenvalue weighted by Gasteiger charge is 2.21. The molecule has 0 unspecified atom stereocenters. The van der Waals surface area contributed by atoms with E-state index in [4.69, 9.17) is 4.98 Å². The Labute approximate surface area is 225 Å². The van der Waals surface area contributed by atoms with Crippen molar-refractivity contribution in [3.63, 3.8) is 0 Å². The first-order chi connectivity index (χ1) is 18.3. The van der Waals surface area contributed by atoms with Crippen molar-refractivity contribution in [2.75, 3.05) is 65.1 Å². The van der Waals surface area contributed by atoms with Crippen LogP contribution in [0.1, 0.15) is 18.4 Å². The maximum absolute atomic E-state index is 14.6. The lowest BCUT2D eigenvalue weighted by molar-refractivity contribution is 0.145. The second-order valence-corrected chi connectivity index (χ2v) is 10.7. The molecule has 38 heavy (non-hydrogen) atoms. The smallest absolute Gasteiger partial charge is 0.146 e. The SMILES string of the molecule is CNc1ccc(-c2ccc3c(CCN(C)C4CCN(C)CC4)cn(-c4cccc(N(C)C)c4)c3n2)cc1F. The fourth-order valence-corrected chi connectivity index (χ4v) is 5.44. The maximum Gasteiger partial charge on any atom is 0.146 e. The third-order valence-electron chi connectivity index (χ3n) is 7.94. The van der Waals surface area contributed by atoms with Crippen LogP contribution in [0, 0.1) is 5.82 Å². The van der Waals surface area contributed by atoms with Crippen molar-refractivity contribution in [3.05, 3.63) is 72.2 Å². The van der Waals surface area contributed by atoms with E-state index in [1.165, 1.54) is 31.5 Å². The van der Waals surface area contributed by atoms with Crippen molar-refractivity contribution in [2.45, 2.75) is 25.3 Å². The molecular weight excluding hydrogens is 475 g/mol. The molecule has 200 valence electrons. The highest BCUT2D eigenvalue weighted by atomic mass is 19.1. The van der Waals surface area contributed by atoms with Crippen LogP contribution in [0.15, 0.2) is 60.8 Å². The summed E-state index contributed by atoms with van der Waals surface area (Å²) in [4.78, 5) is 12.1. The Kier molecular flexibility index (Phi) is 7.68. The number of aromatic nitrogens is 2. The largest absolute Gasteiger partial charge is 0.386 e. The number of nitrogens with zero attached hydrogens (tertiary/aromatic N) is 5. The lowest BCUT2D eigenvalue weighted by Crippen LogP contribution is -2.42. The van der Waals surface area contributed by atoms with E-state index in [9.17, 15) is 4.39 Å². The molecule has 1 fully saturated rings. The van der Waals surface area contributed by atoms with Crippen molar-refractivity contribution < 1.29 is 4.39 Å². The third-order valence-corrected chi connectivity index (χ3v) is 7.94. The summed E-state index contributed by atoms with van der Waals surface area (Å²) in [5, 5.41) is 4.04. The van der Waals surface area contributed by atoms with Crippen LogP contribution in [0.5, 0.6) is 0 Å². The van der Waals surface area contributed by atoms with E-state index >= 15 is 0 Å². The van der Waals surface area contributed by atoms with Crippen LogP contribution in [-0.2, 0) is 6.42 Å². The van der Waals surface area contributed by atoms with Gasteiger partial charge in [0.25, 0.3) is 0 Å². The number of nitrogens with one attached hydrogen (secondary N) is 1. The minimum atomic E-state index is -0.279. The molecular formula is C31H39FN6.